The van der Waals surface area contributed by atoms with Gasteiger partial charge in [-0.3, -0.25) is 4.79 Å². The summed E-state index contributed by atoms with van der Waals surface area (Å²) in [6, 6.07) is 9.67. The second-order valence-electron chi connectivity index (χ2n) is 6.11. The maximum absolute atomic E-state index is 12.0. The molecular weight excluding hydrogens is 226 g/mol. The maximum Gasteiger partial charge on any atom is 0.311 e. The minimum Gasteiger partial charge on any atom is -0.460 e. The molecule has 100 valence electrons. The highest BCUT2D eigenvalue weighted by molar-refractivity contribution is 5.76. The highest BCUT2D eigenvalue weighted by Crippen LogP contribution is 2.28. The molecule has 0 fully saturated rings. The molecule has 1 rings (SSSR count). The Bertz CT molecular complexity index is 391. The van der Waals surface area contributed by atoms with Crippen LogP contribution in [0.25, 0.3) is 0 Å². The van der Waals surface area contributed by atoms with Gasteiger partial charge in [-0.25, -0.2) is 0 Å². The van der Waals surface area contributed by atoms with Crippen LogP contribution in [0.3, 0.4) is 0 Å². The van der Waals surface area contributed by atoms with Crippen molar-refractivity contribution in [3.05, 3.63) is 35.9 Å². The standard InChI is InChI=1S/C15H23NO2/c1-14(2,11-15(3,4)16)13(17)18-10-12-8-6-5-7-9-12/h5-9H,10-11,16H2,1-4H3. The van der Waals surface area contributed by atoms with E-state index in [9.17, 15) is 4.79 Å². The third-order valence-corrected chi connectivity index (χ3v) is 2.66. The molecule has 0 unspecified atom stereocenters. The van der Waals surface area contributed by atoms with E-state index in [1.807, 2.05) is 58.0 Å². The minimum atomic E-state index is -0.562. The Balaban J connectivity index is 2.55. The lowest BCUT2D eigenvalue weighted by Gasteiger charge is -2.30. The lowest BCUT2D eigenvalue weighted by Crippen LogP contribution is -2.41. The van der Waals surface area contributed by atoms with E-state index in [2.05, 4.69) is 0 Å². The molecule has 0 atom stereocenters. The smallest absolute Gasteiger partial charge is 0.311 e. The van der Waals surface area contributed by atoms with Crippen molar-refractivity contribution in [1.82, 2.24) is 0 Å². The summed E-state index contributed by atoms with van der Waals surface area (Å²) in [4.78, 5) is 12.0. The Labute approximate surface area is 109 Å². The van der Waals surface area contributed by atoms with Crippen LogP contribution in [0.4, 0.5) is 0 Å². The predicted octanol–water partition coefficient (Wildman–Crippen LogP) is 2.88. The van der Waals surface area contributed by atoms with Crippen molar-refractivity contribution in [2.75, 3.05) is 0 Å². The quantitative estimate of drug-likeness (QED) is 0.816. The van der Waals surface area contributed by atoms with Crippen molar-refractivity contribution in [2.24, 2.45) is 11.1 Å². The van der Waals surface area contributed by atoms with Crippen molar-refractivity contribution in [2.45, 2.75) is 46.3 Å². The van der Waals surface area contributed by atoms with Crippen LogP contribution >= 0.6 is 0 Å². The zero-order valence-electron chi connectivity index (χ0n) is 11.7. The molecule has 0 radical (unpaired) electrons. The fourth-order valence-corrected chi connectivity index (χ4v) is 2.13. The van der Waals surface area contributed by atoms with Crippen LogP contribution in [0, 0.1) is 5.41 Å². The lowest BCUT2D eigenvalue weighted by molar-refractivity contribution is -0.156. The molecule has 0 bridgehead atoms. The molecule has 0 aliphatic heterocycles. The SMILES string of the molecule is CC(C)(N)CC(C)(C)C(=O)OCc1ccccc1. The van der Waals surface area contributed by atoms with E-state index in [0.717, 1.165) is 5.56 Å². The third-order valence-electron chi connectivity index (χ3n) is 2.66. The van der Waals surface area contributed by atoms with Gasteiger partial charge in [0.05, 0.1) is 5.41 Å². The molecule has 0 heterocycles. The van der Waals surface area contributed by atoms with E-state index >= 15 is 0 Å². The molecule has 1 aromatic carbocycles. The van der Waals surface area contributed by atoms with Crippen LogP contribution in [-0.4, -0.2) is 11.5 Å². The molecule has 0 aliphatic rings. The Morgan fingerprint density at radius 2 is 1.72 bits per heavy atom. The van der Waals surface area contributed by atoms with Gasteiger partial charge in [0.2, 0.25) is 0 Å². The van der Waals surface area contributed by atoms with Crippen LogP contribution in [0.1, 0.15) is 39.7 Å². The molecule has 0 aliphatic carbocycles. The van der Waals surface area contributed by atoms with Crippen molar-refractivity contribution >= 4 is 5.97 Å². The molecule has 0 spiro atoms. The molecule has 1 aromatic rings. The summed E-state index contributed by atoms with van der Waals surface area (Å²) in [6.07, 6.45) is 0.591. The van der Waals surface area contributed by atoms with Crippen molar-refractivity contribution < 1.29 is 9.53 Å². The fraction of sp³-hybridized carbons (Fsp3) is 0.533. The van der Waals surface area contributed by atoms with E-state index in [0.29, 0.717) is 13.0 Å². The normalized spacial score (nSPS) is 12.3. The van der Waals surface area contributed by atoms with Gasteiger partial charge in [0.25, 0.3) is 0 Å². The molecular formula is C15H23NO2. The second kappa shape index (κ2) is 5.53. The van der Waals surface area contributed by atoms with Gasteiger partial charge in [-0.05, 0) is 39.7 Å². The maximum atomic E-state index is 12.0. The summed E-state index contributed by atoms with van der Waals surface area (Å²) in [7, 11) is 0. The van der Waals surface area contributed by atoms with Gasteiger partial charge >= 0.3 is 5.97 Å². The molecule has 0 amide bonds. The van der Waals surface area contributed by atoms with Crippen LogP contribution in [0.5, 0.6) is 0 Å². The van der Waals surface area contributed by atoms with Crippen LogP contribution in [0.15, 0.2) is 30.3 Å². The molecule has 0 aromatic heterocycles. The largest absolute Gasteiger partial charge is 0.460 e. The van der Waals surface area contributed by atoms with E-state index in [1.54, 1.807) is 0 Å². The van der Waals surface area contributed by atoms with Gasteiger partial charge in [0, 0.05) is 5.54 Å². The minimum absolute atomic E-state index is 0.204. The molecule has 3 heteroatoms. The Morgan fingerprint density at radius 1 is 1.17 bits per heavy atom. The highest BCUT2D eigenvalue weighted by atomic mass is 16.5. The molecule has 0 saturated heterocycles. The zero-order chi connectivity index (χ0) is 13.8. The van der Waals surface area contributed by atoms with Crippen molar-refractivity contribution in [3.8, 4) is 0 Å². The topological polar surface area (TPSA) is 52.3 Å². The predicted molar refractivity (Wildman–Crippen MR) is 72.9 cm³/mol. The van der Waals surface area contributed by atoms with Gasteiger partial charge < -0.3 is 10.5 Å². The van der Waals surface area contributed by atoms with Crippen molar-refractivity contribution in [3.63, 3.8) is 0 Å². The summed E-state index contributed by atoms with van der Waals surface area (Å²) in [5.74, 6) is -0.204. The number of benzene rings is 1. The number of rotatable bonds is 5. The van der Waals surface area contributed by atoms with Crippen LogP contribution in [0.2, 0.25) is 0 Å². The van der Waals surface area contributed by atoms with Gasteiger partial charge in [0.15, 0.2) is 0 Å². The van der Waals surface area contributed by atoms with E-state index in [1.165, 1.54) is 0 Å². The van der Waals surface area contributed by atoms with Gasteiger partial charge in [-0.15, -0.1) is 0 Å². The van der Waals surface area contributed by atoms with E-state index in [-0.39, 0.29) is 11.5 Å². The average Bonchev–Trinajstić information content (AvgIpc) is 2.24. The Morgan fingerprint density at radius 3 is 2.22 bits per heavy atom. The number of nitrogens with two attached hydrogens (primary N) is 1. The fourth-order valence-electron chi connectivity index (χ4n) is 2.13. The summed E-state index contributed by atoms with van der Waals surface area (Å²) in [5, 5.41) is 0. The second-order valence-corrected chi connectivity index (χ2v) is 6.11. The van der Waals surface area contributed by atoms with Crippen molar-refractivity contribution in [1.29, 1.82) is 0 Å². The summed E-state index contributed by atoms with van der Waals surface area (Å²) >= 11 is 0. The number of carbonyl (C=O) groups excluding carboxylic acids is 1. The summed E-state index contributed by atoms with van der Waals surface area (Å²) < 4.78 is 5.34. The van der Waals surface area contributed by atoms with E-state index in [4.69, 9.17) is 10.5 Å². The van der Waals surface area contributed by atoms with Gasteiger partial charge in [-0.2, -0.15) is 0 Å². The third kappa shape index (κ3) is 4.88. The summed E-state index contributed by atoms with van der Waals surface area (Å²) in [6.45, 7) is 7.89. The lowest BCUT2D eigenvalue weighted by atomic mass is 9.80. The monoisotopic (exact) mass is 249 g/mol. The molecule has 2 N–H and O–H groups in total. The first-order chi connectivity index (χ1) is 8.21. The van der Waals surface area contributed by atoms with E-state index < -0.39 is 5.41 Å². The number of ether oxygens (including phenoxy) is 1. The first-order valence-corrected chi connectivity index (χ1v) is 6.21. The number of hydrogen-bond donors (Lipinski definition) is 1. The van der Waals surface area contributed by atoms with Gasteiger partial charge in [-0.1, -0.05) is 30.3 Å². The molecule has 3 nitrogen and oxygen atoms in total. The Hall–Kier alpha value is -1.35. The first-order valence-electron chi connectivity index (χ1n) is 6.21. The van der Waals surface area contributed by atoms with Crippen LogP contribution < -0.4 is 5.73 Å². The number of carbonyl (C=O) groups is 1. The molecule has 0 saturated carbocycles. The number of esters is 1. The Kier molecular flexibility index (Phi) is 4.52. The van der Waals surface area contributed by atoms with Gasteiger partial charge in [0.1, 0.15) is 6.61 Å². The first kappa shape index (κ1) is 14.7. The molecule has 18 heavy (non-hydrogen) atoms. The summed E-state index contributed by atoms with van der Waals surface area (Å²) in [5.41, 5.74) is 6.01. The number of hydrogen-bond acceptors (Lipinski definition) is 3. The zero-order valence-corrected chi connectivity index (χ0v) is 11.7. The van der Waals surface area contributed by atoms with Crippen LogP contribution in [-0.2, 0) is 16.1 Å². The highest BCUT2D eigenvalue weighted by Gasteiger charge is 2.34. The average molecular weight is 249 g/mol.